The van der Waals surface area contributed by atoms with E-state index in [4.69, 9.17) is 0 Å². The molecule has 5 atom stereocenters. The van der Waals surface area contributed by atoms with E-state index in [0.717, 1.165) is 24.6 Å². The van der Waals surface area contributed by atoms with Crippen molar-refractivity contribution in [2.75, 3.05) is 6.54 Å². The lowest BCUT2D eigenvalue weighted by Crippen LogP contribution is -2.60. The van der Waals surface area contributed by atoms with E-state index in [0.29, 0.717) is 18.0 Å². The summed E-state index contributed by atoms with van der Waals surface area (Å²) in [5.41, 5.74) is -0.604. The lowest BCUT2D eigenvalue weighted by molar-refractivity contribution is -0.151. The second kappa shape index (κ2) is 10.2. The van der Waals surface area contributed by atoms with Gasteiger partial charge in [0.05, 0.1) is 12.3 Å². The second-order valence-electron chi connectivity index (χ2n) is 11.3. The maximum Gasteiger partial charge on any atom is 0.321 e. The molecule has 0 bridgehead atoms. The Bertz CT molecular complexity index is 1280. The Morgan fingerprint density at radius 1 is 1.13 bits per heavy atom. The first-order valence-corrected chi connectivity index (χ1v) is 12.7. The number of carbonyl (C=O) groups is 3. The van der Waals surface area contributed by atoms with Gasteiger partial charge in [0.25, 0.3) is 5.91 Å². The van der Waals surface area contributed by atoms with Crippen molar-refractivity contribution in [3.63, 3.8) is 0 Å². The van der Waals surface area contributed by atoms with Gasteiger partial charge in [0, 0.05) is 24.2 Å². The minimum atomic E-state index is -3.67. The SMILES string of the molecule is CC(F)(F)C(=O)NC(C(=O)N1C[C@@H]2CCC[C@@H]2[C@H]1C(=O)NC(C#N)c1nncc2ccccc12)C(C)(C)C. The highest BCUT2D eigenvalue weighted by atomic mass is 19.3. The van der Waals surface area contributed by atoms with Crippen LogP contribution in [0.1, 0.15) is 58.7 Å². The summed E-state index contributed by atoms with van der Waals surface area (Å²) in [6, 6.07) is 6.02. The molecule has 2 unspecified atom stereocenters. The van der Waals surface area contributed by atoms with Gasteiger partial charge in [-0.2, -0.15) is 24.2 Å². The number of alkyl halides is 2. The van der Waals surface area contributed by atoms with E-state index in [1.54, 1.807) is 39.1 Å². The highest BCUT2D eigenvalue weighted by Gasteiger charge is 2.52. The average Bonchev–Trinajstić information content (AvgIpc) is 3.45. The molecule has 1 aliphatic carbocycles. The largest absolute Gasteiger partial charge is 0.339 e. The third kappa shape index (κ3) is 5.30. The molecule has 1 saturated carbocycles. The maximum absolute atomic E-state index is 13.8. The molecule has 0 radical (unpaired) electrons. The molecule has 202 valence electrons. The molecule has 9 nitrogen and oxygen atoms in total. The third-order valence-electron chi connectivity index (χ3n) is 7.52. The topological polar surface area (TPSA) is 128 Å². The van der Waals surface area contributed by atoms with Crippen LogP contribution in [-0.2, 0) is 14.4 Å². The summed E-state index contributed by atoms with van der Waals surface area (Å²) >= 11 is 0. The van der Waals surface area contributed by atoms with Gasteiger partial charge in [0.1, 0.15) is 17.8 Å². The molecule has 1 aromatic heterocycles. The van der Waals surface area contributed by atoms with Crippen LogP contribution in [0.15, 0.2) is 30.5 Å². The number of nitrogens with zero attached hydrogens (tertiary/aromatic N) is 4. The molecule has 2 aromatic rings. The molecule has 38 heavy (non-hydrogen) atoms. The molecule has 1 saturated heterocycles. The van der Waals surface area contributed by atoms with Crippen molar-refractivity contribution < 1.29 is 23.2 Å². The number of rotatable bonds is 6. The normalized spacial score (nSPS) is 22.9. The first kappa shape index (κ1) is 27.4. The van der Waals surface area contributed by atoms with Crippen LogP contribution in [-0.4, -0.2) is 57.4 Å². The molecule has 2 N–H and O–H groups in total. The fourth-order valence-electron chi connectivity index (χ4n) is 5.59. The minimum Gasteiger partial charge on any atom is -0.339 e. The molecule has 11 heteroatoms. The van der Waals surface area contributed by atoms with Crippen LogP contribution in [0, 0.1) is 28.6 Å². The summed E-state index contributed by atoms with van der Waals surface area (Å²) in [7, 11) is 0. The average molecular weight is 527 g/mol. The van der Waals surface area contributed by atoms with Crippen LogP contribution < -0.4 is 10.6 Å². The van der Waals surface area contributed by atoms with Crippen molar-refractivity contribution in [1.82, 2.24) is 25.7 Å². The van der Waals surface area contributed by atoms with Gasteiger partial charge in [0.15, 0.2) is 6.04 Å². The predicted molar refractivity (Wildman–Crippen MR) is 134 cm³/mol. The molecule has 2 heterocycles. The van der Waals surface area contributed by atoms with E-state index in [2.05, 4.69) is 26.9 Å². The van der Waals surface area contributed by atoms with Gasteiger partial charge in [0.2, 0.25) is 11.8 Å². The molecule has 1 aromatic carbocycles. The molecule has 1 aliphatic heterocycles. The number of nitriles is 1. The van der Waals surface area contributed by atoms with Crippen LogP contribution in [0.3, 0.4) is 0 Å². The Morgan fingerprint density at radius 2 is 1.84 bits per heavy atom. The Balaban J connectivity index is 1.63. The number of likely N-dealkylation sites (tertiary alicyclic amines) is 1. The number of fused-ring (bicyclic) bond motifs is 2. The third-order valence-corrected chi connectivity index (χ3v) is 7.52. The van der Waals surface area contributed by atoms with Crippen LogP contribution >= 0.6 is 0 Å². The van der Waals surface area contributed by atoms with Crippen molar-refractivity contribution in [2.24, 2.45) is 17.3 Å². The Labute approximate surface area is 220 Å². The molecule has 3 amide bonds. The molecule has 4 rings (SSSR count). The van der Waals surface area contributed by atoms with Crippen LogP contribution in [0.4, 0.5) is 8.78 Å². The van der Waals surface area contributed by atoms with Crippen LogP contribution in [0.25, 0.3) is 10.8 Å². The molecular weight excluding hydrogens is 494 g/mol. The monoisotopic (exact) mass is 526 g/mol. The fourth-order valence-corrected chi connectivity index (χ4v) is 5.59. The zero-order valence-electron chi connectivity index (χ0n) is 21.9. The number of carbonyl (C=O) groups excluding carboxylic acids is 3. The zero-order chi connectivity index (χ0) is 27.8. The van der Waals surface area contributed by atoms with Crippen molar-refractivity contribution in [1.29, 1.82) is 5.26 Å². The number of aromatic nitrogens is 2. The predicted octanol–water partition coefficient (Wildman–Crippen LogP) is 3.12. The van der Waals surface area contributed by atoms with E-state index in [9.17, 15) is 28.4 Å². The van der Waals surface area contributed by atoms with Gasteiger partial charge >= 0.3 is 5.92 Å². The maximum atomic E-state index is 13.8. The first-order valence-electron chi connectivity index (χ1n) is 12.7. The van der Waals surface area contributed by atoms with Gasteiger partial charge in [-0.15, -0.1) is 0 Å². The van der Waals surface area contributed by atoms with Gasteiger partial charge < -0.3 is 15.5 Å². The first-order chi connectivity index (χ1) is 17.8. The van der Waals surface area contributed by atoms with Gasteiger partial charge in [-0.05, 0) is 30.1 Å². The summed E-state index contributed by atoms with van der Waals surface area (Å²) < 4.78 is 27.4. The number of benzene rings is 1. The highest BCUT2D eigenvalue weighted by Crippen LogP contribution is 2.43. The summed E-state index contributed by atoms with van der Waals surface area (Å²) in [6.07, 6.45) is 4.02. The van der Waals surface area contributed by atoms with Gasteiger partial charge in [-0.25, -0.2) is 0 Å². The van der Waals surface area contributed by atoms with E-state index < -0.39 is 47.2 Å². The van der Waals surface area contributed by atoms with Gasteiger partial charge in [-0.1, -0.05) is 51.5 Å². The smallest absolute Gasteiger partial charge is 0.321 e. The van der Waals surface area contributed by atoms with E-state index in [1.807, 2.05) is 12.1 Å². The molecule has 0 spiro atoms. The number of hydrogen-bond acceptors (Lipinski definition) is 6. The minimum absolute atomic E-state index is 0.0662. The quantitative estimate of drug-likeness (QED) is 0.595. The Morgan fingerprint density at radius 3 is 2.50 bits per heavy atom. The summed E-state index contributed by atoms with van der Waals surface area (Å²) in [6.45, 7) is 5.75. The number of halogens is 2. The lowest BCUT2D eigenvalue weighted by atomic mass is 9.85. The number of nitrogens with one attached hydrogen (secondary N) is 2. The molecule has 2 aliphatic rings. The number of amides is 3. The summed E-state index contributed by atoms with van der Waals surface area (Å²) in [4.78, 5) is 41.1. The summed E-state index contributed by atoms with van der Waals surface area (Å²) in [5, 5.41) is 24.4. The van der Waals surface area contributed by atoms with Gasteiger partial charge in [-0.3, -0.25) is 14.4 Å². The van der Waals surface area contributed by atoms with Crippen molar-refractivity contribution in [3.8, 4) is 6.07 Å². The highest BCUT2D eigenvalue weighted by molar-refractivity contribution is 5.95. The van der Waals surface area contributed by atoms with E-state index >= 15 is 0 Å². The number of hydrogen-bond donors (Lipinski definition) is 2. The lowest BCUT2D eigenvalue weighted by Gasteiger charge is -2.36. The zero-order valence-corrected chi connectivity index (χ0v) is 21.9. The van der Waals surface area contributed by atoms with E-state index in [1.165, 1.54) is 4.90 Å². The standard InChI is InChI=1S/C27H32F2N6O3/c1-26(2,3)22(33-25(38)27(4,28)29)24(37)35-14-16-9-7-11-18(16)21(35)23(36)32-19(12-30)20-17-10-6-5-8-15(17)13-31-34-20/h5-6,8,10,13,16,18-19,21-22H,7,9,11,14H2,1-4H3,(H,32,36)(H,33,38)/t16-,18-,19?,21-,22?/m0/s1. The van der Waals surface area contributed by atoms with Crippen LogP contribution in [0.2, 0.25) is 0 Å². The summed E-state index contributed by atoms with van der Waals surface area (Å²) in [5.74, 6) is -6.40. The molecular formula is C27H32F2N6O3. The van der Waals surface area contributed by atoms with Crippen molar-refractivity contribution in [2.45, 2.75) is 71.0 Å². The van der Waals surface area contributed by atoms with Crippen LogP contribution in [0.5, 0.6) is 0 Å². The second-order valence-corrected chi connectivity index (χ2v) is 11.3. The van der Waals surface area contributed by atoms with Crippen molar-refractivity contribution >= 4 is 28.5 Å². The van der Waals surface area contributed by atoms with E-state index in [-0.39, 0.29) is 18.4 Å². The molecule has 2 fully saturated rings. The Hall–Kier alpha value is -3.68. The Kier molecular flexibility index (Phi) is 7.37. The van der Waals surface area contributed by atoms with Crippen molar-refractivity contribution in [3.05, 3.63) is 36.2 Å². The fraction of sp³-hybridized carbons (Fsp3) is 0.556.